The van der Waals surface area contributed by atoms with Gasteiger partial charge in [-0.1, -0.05) is 6.92 Å². The van der Waals surface area contributed by atoms with Crippen molar-refractivity contribution in [3.05, 3.63) is 46.8 Å². The number of rotatable bonds is 4. The fraction of sp³-hybridized carbons (Fsp3) is 0.455. The summed E-state index contributed by atoms with van der Waals surface area (Å²) in [4.78, 5) is 32.9. The molecule has 28 heavy (non-hydrogen) atoms. The van der Waals surface area contributed by atoms with Crippen molar-refractivity contribution in [3.63, 3.8) is 0 Å². The Morgan fingerprint density at radius 1 is 1.11 bits per heavy atom. The number of aryl methyl sites for hydroxylation is 1. The quantitative estimate of drug-likeness (QED) is 0.854. The Kier molecular flexibility index (Phi) is 5.22. The minimum Gasteiger partial charge on any atom is -0.369 e. The third kappa shape index (κ3) is 3.56. The van der Waals surface area contributed by atoms with E-state index in [2.05, 4.69) is 39.2 Å². The van der Waals surface area contributed by atoms with E-state index in [1.165, 1.54) is 5.69 Å². The standard InChI is InChI=1S/C22H28N4O2/c1-3-25-11-13-26(14-12-25)17-9-7-16(8-10-17)23-22(28)21-15(2)20-18(24-21)5-4-6-19(20)27/h7-10,24H,3-6,11-14H2,1-2H3,(H,23,28). The minimum absolute atomic E-state index is 0.140. The highest BCUT2D eigenvalue weighted by molar-refractivity contribution is 6.08. The average Bonchev–Trinajstić information content (AvgIpc) is 3.07. The smallest absolute Gasteiger partial charge is 0.272 e. The summed E-state index contributed by atoms with van der Waals surface area (Å²) in [5, 5.41) is 2.96. The highest BCUT2D eigenvalue weighted by Gasteiger charge is 2.26. The highest BCUT2D eigenvalue weighted by atomic mass is 16.2. The molecule has 148 valence electrons. The Morgan fingerprint density at radius 3 is 2.46 bits per heavy atom. The molecule has 1 amide bonds. The summed E-state index contributed by atoms with van der Waals surface area (Å²) >= 11 is 0. The third-order valence-electron chi connectivity index (χ3n) is 5.97. The van der Waals surface area contributed by atoms with Gasteiger partial charge >= 0.3 is 0 Å². The van der Waals surface area contributed by atoms with Crippen LogP contribution in [0, 0.1) is 6.92 Å². The van der Waals surface area contributed by atoms with Crippen molar-refractivity contribution in [2.75, 3.05) is 42.9 Å². The lowest BCUT2D eigenvalue weighted by atomic mass is 9.94. The third-order valence-corrected chi connectivity index (χ3v) is 5.97. The Labute approximate surface area is 165 Å². The number of likely N-dealkylation sites (N-methyl/N-ethyl adjacent to an activating group) is 1. The van der Waals surface area contributed by atoms with Gasteiger partial charge in [-0.15, -0.1) is 0 Å². The zero-order valence-electron chi connectivity index (χ0n) is 16.7. The van der Waals surface area contributed by atoms with E-state index in [1.807, 2.05) is 19.1 Å². The lowest BCUT2D eigenvalue weighted by Gasteiger charge is -2.35. The molecule has 0 spiro atoms. The second kappa shape index (κ2) is 7.80. The van der Waals surface area contributed by atoms with Gasteiger partial charge in [-0.3, -0.25) is 9.59 Å². The van der Waals surface area contributed by atoms with Crippen LogP contribution in [-0.4, -0.2) is 54.3 Å². The molecule has 6 nitrogen and oxygen atoms in total. The lowest BCUT2D eigenvalue weighted by Crippen LogP contribution is -2.46. The molecule has 2 aliphatic rings. The number of amides is 1. The summed E-state index contributed by atoms with van der Waals surface area (Å²) in [6, 6.07) is 8.02. The van der Waals surface area contributed by atoms with Crippen LogP contribution in [0.2, 0.25) is 0 Å². The number of carbonyl (C=O) groups excluding carboxylic acids is 2. The number of fused-ring (bicyclic) bond motifs is 1. The van der Waals surface area contributed by atoms with Crippen LogP contribution in [0.5, 0.6) is 0 Å². The minimum atomic E-state index is -0.191. The number of nitrogens with one attached hydrogen (secondary N) is 2. The van der Waals surface area contributed by atoms with E-state index in [0.717, 1.165) is 68.1 Å². The topological polar surface area (TPSA) is 68.4 Å². The summed E-state index contributed by atoms with van der Waals surface area (Å²) in [5.74, 6) is -0.0504. The van der Waals surface area contributed by atoms with Gasteiger partial charge in [0.1, 0.15) is 5.69 Å². The number of hydrogen-bond acceptors (Lipinski definition) is 4. The van der Waals surface area contributed by atoms with Crippen LogP contribution < -0.4 is 10.2 Å². The molecule has 6 heteroatoms. The van der Waals surface area contributed by atoms with E-state index < -0.39 is 0 Å². The normalized spacial score (nSPS) is 17.5. The molecule has 1 aromatic heterocycles. The number of anilines is 2. The first-order valence-corrected chi connectivity index (χ1v) is 10.2. The van der Waals surface area contributed by atoms with Crippen LogP contribution in [0.3, 0.4) is 0 Å². The van der Waals surface area contributed by atoms with Crippen LogP contribution in [-0.2, 0) is 6.42 Å². The molecule has 1 saturated heterocycles. The van der Waals surface area contributed by atoms with Crippen LogP contribution in [0.1, 0.15) is 51.9 Å². The van der Waals surface area contributed by atoms with Gasteiger partial charge in [0, 0.05) is 55.2 Å². The first-order chi connectivity index (χ1) is 13.6. The molecule has 1 aromatic carbocycles. The summed E-state index contributed by atoms with van der Waals surface area (Å²) in [6.07, 6.45) is 2.25. The Morgan fingerprint density at radius 2 is 1.82 bits per heavy atom. The van der Waals surface area contributed by atoms with Gasteiger partial charge in [-0.25, -0.2) is 0 Å². The second-order valence-electron chi connectivity index (χ2n) is 7.68. The van der Waals surface area contributed by atoms with E-state index in [-0.39, 0.29) is 11.7 Å². The van der Waals surface area contributed by atoms with Gasteiger partial charge in [0.05, 0.1) is 0 Å². The van der Waals surface area contributed by atoms with Crippen molar-refractivity contribution in [1.82, 2.24) is 9.88 Å². The number of carbonyl (C=O) groups is 2. The maximum absolute atomic E-state index is 12.7. The van der Waals surface area contributed by atoms with Gasteiger partial charge in [0.2, 0.25) is 0 Å². The molecule has 2 N–H and O–H groups in total. The van der Waals surface area contributed by atoms with Gasteiger partial charge in [-0.05, 0) is 56.1 Å². The first-order valence-electron chi connectivity index (χ1n) is 10.2. The molecular formula is C22H28N4O2. The van der Waals surface area contributed by atoms with Gasteiger partial charge < -0.3 is 20.1 Å². The van der Waals surface area contributed by atoms with Crippen molar-refractivity contribution in [1.29, 1.82) is 0 Å². The van der Waals surface area contributed by atoms with Crippen molar-refractivity contribution >= 4 is 23.1 Å². The van der Waals surface area contributed by atoms with Crippen LogP contribution in [0.4, 0.5) is 11.4 Å². The molecule has 1 aliphatic heterocycles. The number of H-pyrrole nitrogens is 1. The number of ketones is 1. The predicted octanol–water partition coefficient (Wildman–Crippen LogP) is 3.24. The molecule has 2 heterocycles. The molecule has 4 rings (SSSR count). The van der Waals surface area contributed by atoms with Crippen molar-refractivity contribution in [2.24, 2.45) is 0 Å². The number of nitrogens with zero attached hydrogens (tertiary/aromatic N) is 2. The average molecular weight is 380 g/mol. The fourth-order valence-corrected chi connectivity index (χ4v) is 4.27. The van der Waals surface area contributed by atoms with E-state index >= 15 is 0 Å². The molecule has 1 aliphatic carbocycles. The summed E-state index contributed by atoms with van der Waals surface area (Å²) in [7, 11) is 0. The zero-order valence-corrected chi connectivity index (χ0v) is 16.7. The molecule has 2 aromatic rings. The number of hydrogen-bond donors (Lipinski definition) is 2. The van der Waals surface area contributed by atoms with Crippen molar-refractivity contribution in [3.8, 4) is 0 Å². The molecule has 0 atom stereocenters. The molecule has 0 saturated carbocycles. The Bertz CT molecular complexity index is 877. The first kappa shape index (κ1) is 18.7. The number of aromatic amines is 1. The monoisotopic (exact) mass is 380 g/mol. The zero-order chi connectivity index (χ0) is 19.7. The SMILES string of the molecule is CCN1CCN(c2ccc(NC(=O)c3[nH]c4c(c3C)C(=O)CCC4)cc2)CC1. The Hall–Kier alpha value is -2.60. The van der Waals surface area contributed by atoms with E-state index in [9.17, 15) is 9.59 Å². The highest BCUT2D eigenvalue weighted by Crippen LogP contribution is 2.27. The summed E-state index contributed by atoms with van der Waals surface area (Å²) < 4.78 is 0. The van der Waals surface area contributed by atoms with E-state index in [1.54, 1.807) is 0 Å². The number of piperazine rings is 1. The molecule has 0 unspecified atom stereocenters. The van der Waals surface area contributed by atoms with Gasteiger partial charge in [0.15, 0.2) is 5.78 Å². The second-order valence-corrected chi connectivity index (χ2v) is 7.68. The summed E-state index contributed by atoms with van der Waals surface area (Å²) in [6.45, 7) is 9.39. The van der Waals surface area contributed by atoms with E-state index in [0.29, 0.717) is 12.1 Å². The molecular weight excluding hydrogens is 352 g/mol. The number of benzene rings is 1. The molecule has 1 fully saturated rings. The maximum Gasteiger partial charge on any atom is 0.272 e. The van der Waals surface area contributed by atoms with E-state index in [4.69, 9.17) is 0 Å². The molecule has 0 bridgehead atoms. The van der Waals surface area contributed by atoms with Crippen molar-refractivity contribution in [2.45, 2.75) is 33.1 Å². The largest absolute Gasteiger partial charge is 0.369 e. The van der Waals surface area contributed by atoms with Gasteiger partial charge in [0.25, 0.3) is 5.91 Å². The van der Waals surface area contributed by atoms with Crippen LogP contribution >= 0.6 is 0 Å². The predicted molar refractivity (Wildman–Crippen MR) is 112 cm³/mol. The number of Topliss-reactive ketones (excluding diaryl/α,β-unsaturated/α-hetero) is 1. The number of aromatic nitrogens is 1. The van der Waals surface area contributed by atoms with Crippen LogP contribution in [0.25, 0.3) is 0 Å². The van der Waals surface area contributed by atoms with Crippen LogP contribution in [0.15, 0.2) is 24.3 Å². The van der Waals surface area contributed by atoms with Crippen molar-refractivity contribution < 1.29 is 9.59 Å². The lowest BCUT2D eigenvalue weighted by molar-refractivity contribution is 0.0971. The molecule has 0 radical (unpaired) electrons. The van der Waals surface area contributed by atoms with Gasteiger partial charge in [-0.2, -0.15) is 0 Å². The Balaban J connectivity index is 1.44. The maximum atomic E-state index is 12.7. The summed E-state index contributed by atoms with van der Waals surface area (Å²) in [5.41, 5.74) is 4.84. The fourth-order valence-electron chi connectivity index (χ4n) is 4.27.